The molecule has 4 heteroatoms. The number of hydrogen-bond donors (Lipinski definition) is 2. The highest BCUT2D eigenvalue weighted by Gasteiger charge is 2.18. The zero-order valence-electron chi connectivity index (χ0n) is 11.6. The van der Waals surface area contributed by atoms with Gasteiger partial charge >= 0.3 is 6.03 Å². The number of hydrogen-bond acceptors (Lipinski definition) is 2. The van der Waals surface area contributed by atoms with Gasteiger partial charge in [0.25, 0.3) is 0 Å². The van der Waals surface area contributed by atoms with Gasteiger partial charge in [-0.05, 0) is 45.7 Å². The fraction of sp³-hybridized carbons (Fsp3) is 0.929. The molecule has 0 spiro atoms. The second-order valence-electron chi connectivity index (χ2n) is 5.86. The summed E-state index contributed by atoms with van der Waals surface area (Å²) in [6, 6.07) is 0.665. The van der Waals surface area contributed by atoms with E-state index in [-0.39, 0.29) is 12.1 Å². The van der Waals surface area contributed by atoms with Crippen LogP contribution in [-0.2, 0) is 0 Å². The van der Waals surface area contributed by atoms with E-state index in [2.05, 4.69) is 22.5 Å². The van der Waals surface area contributed by atoms with Gasteiger partial charge in [0.05, 0.1) is 0 Å². The van der Waals surface area contributed by atoms with Crippen LogP contribution in [0.25, 0.3) is 0 Å². The van der Waals surface area contributed by atoms with Gasteiger partial charge < -0.3 is 15.5 Å². The van der Waals surface area contributed by atoms with Gasteiger partial charge in [0.2, 0.25) is 0 Å². The molecule has 0 aromatic carbocycles. The Labute approximate surface area is 110 Å². The average molecular weight is 253 g/mol. The first-order valence-corrected chi connectivity index (χ1v) is 7.53. The van der Waals surface area contributed by atoms with Crippen LogP contribution in [0.3, 0.4) is 0 Å². The lowest BCUT2D eigenvalue weighted by atomic mass is 9.96. The van der Waals surface area contributed by atoms with Crippen LogP contribution in [0.1, 0.15) is 51.9 Å². The first kappa shape index (κ1) is 13.7. The average Bonchev–Trinajstić information content (AvgIpc) is 2.82. The number of carbonyl (C=O) groups excluding carboxylic acids is 1. The van der Waals surface area contributed by atoms with Gasteiger partial charge in [-0.1, -0.05) is 19.3 Å². The Morgan fingerprint density at radius 2 is 1.83 bits per heavy atom. The molecule has 2 aliphatic rings. The fourth-order valence-electron chi connectivity index (χ4n) is 3.10. The van der Waals surface area contributed by atoms with Gasteiger partial charge in [0.15, 0.2) is 0 Å². The maximum absolute atomic E-state index is 11.9. The maximum atomic E-state index is 11.9. The SMILES string of the molecule is CC(CN1CCCC1)NC(=O)NC1CCCCC1. The molecule has 1 saturated heterocycles. The zero-order valence-corrected chi connectivity index (χ0v) is 11.6. The zero-order chi connectivity index (χ0) is 12.8. The lowest BCUT2D eigenvalue weighted by Gasteiger charge is -2.25. The van der Waals surface area contributed by atoms with E-state index in [4.69, 9.17) is 0 Å². The number of likely N-dealkylation sites (tertiary alicyclic amines) is 1. The monoisotopic (exact) mass is 253 g/mol. The molecule has 0 aromatic rings. The Bertz CT molecular complexity index is 258. The van der Waals surface area contributed by atoms with Crippen molar-refractivity contribution in [2.75, 3.05) is 19.6 Å². The highest BCUT2D eigenvalue weighted by molar-refractivity contribution is 5.74. The summed E-state index contributed by atoms with van der Waals surface area (Å²) in [6.07, 6.45) is 8.75. The molecule has 2 amide bonds. The second-order valence-corrected chi connectivity index (χ2v) is 5.86. The van der Waals surface area contributed by atoms with Crippen LogP contribution < -0.4 is 10.6 Å². The first-order valence-electron chi connectivity index (χ1n) is 7.53. The van der Waals surface area contributed by atoms with Crippen LogP contribution in [0.5, 0.6) is 0 Å². The van der Waals surface area contributed by atoms with Crippen LogP contribution >= 0.6 is 0 Å². The third-order valence-corrected chi connectivity index (χ3v) is 4.05. The smallest absolute Gasteiger partial charge is 0.315 e. The largest absolute Gasteiger partial charge is 0.335 e. The topological polar surface area (TPSA) is 44.4 Å². The van der Waals surface area contributed by atoms with Crippen molar-refractivity contribution in [3.8, 4) is 0 Å². The van der Waals surface area contributed by atoms with Crippen molar-refractivity contribution in [2.24, 2.45) is 0 Å². The van der Waals surface area contributed by atoms with E-state index in [0.717, 1.165) is 19.4 Å². The molecule has 0 radical (unpaired) electrons. The molecule has 1 atom stereocenters. The number of nitrogens with one attached hydrogen (secondary N) is 2. The number of urea groups is 1. The molecule has 104 valence electrons. The van der Waals surface area contributed by atoms with Crippen molar-refractivity contribution in [1.29, 1.82) is 0 Å². The quantitative estimate of drug-likeness (QED) is 0.806. The van der Waals surface area contributed by atoms with E-state index in [0.29, 0.717) is 6.04 Å². The molecular weight excluding hydrogens is 226 g/mol. The van der Waals surface area contributed by atoms with E-state index < -0.39 is 0 Å². The van der Waals surface area contributed by atoms with Crippen molar-refractivity contribution in [3.63, 3.8) is 0 Å². The summed E-state index contributed by atoms with van der Waals surface area (Å²) in [5.41, 5.74) is 0. The van der Waals surface area contributed by atoms with Gasteiger partial charge in [-0.3, -0.25) is 0 Å². The van der Waals surface area contributed by atoms with E-state index in [1.54, 1.807) is 0 Å². The van der Waals surface area contributed by atoms with Crippen molar-refractivity contribution in [3.05, 3.63) is 0 Å². The minimum atomic E-state index is 0.0218. The van der Waals surface area contributed by atoms with Crippen LogP contribution in [0.15, 0.2) is 0 Å². The number of carbonyl (C=O) groups is 1. The molecule has 2 rings (SSSR count). The lowest BCUT2D eigenvalue weighted by molar-refractivity contribution is 0.223. The molecule has 18 heavy (non-hydrogen) atoms. The molecule has 1 aliphatic carbocycles. The predicted octanol–water partition coefficient (Wildman–Crippen LogP) is 2.10. The number of amides is 2. The Balaban J connectivity index is 1.62. The fourth-order valence-corrected chi connectivity index (χ4v) is 3.10. The van der Waals surface area contributed by atoms with Crippen molar-refractivity contribution in [1.82, 2.24) is 15.5 Å². The molecular formula is C14H27N3O. The Kier molecular flexibility index (Phi) is 5.29. The van der Waals surface area contributed by atoms with Gasteiger partial charge in [-0.25, -0.2) is 4.79 Å². The van der Waals surface area contributed by atoms with Crippen LogP contribution in [0.4, 0.5) is 4.79 Å². The summed E-state index contributed by atoms with van der Waals surface area (Å²) in [5.74, 6) is 0. The van der Waals surface area contributed by atoms with Crippen molar-refractivity contribution >= 4 is 6.03 Å². The van der Waals surface area contributed by atoms with E-state index in [9.17, 15) is 4.79 Å². The van der Waals surface area contributed by atoms with E-state index in [1.165, 1.54) is 45.2 Å². The summed E-state index contributed by atoms with van der Waals surface area (Å²) in [7, 11) is 0. The Morgan fingerprint density at radius 3 is 2.50 bits per heavy atom. The second kappa shape index (κ2) is 6.98. The summed E-state index contributed by atoms with van der Waals surface area (Å²) in [6.45, 7) is 5.46. The molecule has 1 saturated carbocycles. The van der Waals surface area contributed by atoms with Crippen LogP contribution in [0.2, 0.25) is 0 Å². The van der Waals surface area contributed by atoms with Crippen molar-refractivity contribution < 1.29 is 4.79 Å². The molecule has 1 aliphatic heterocycles. The summed E-state index contributed by atoms with van der Waals surface area (Å²) >= 11 is 0. The summed E-state index contributed by atoms with van der Waals surface area (Å²) < 4.78 is 0. The highest BCUT2D eigenvalue weighted by atomic mass is 16.2. The Morgan fingerprint density at radius 1 is 1.17 bits per heavy atom. The first-order chi connectivity index (χ1) is 8.74. The molecule has 2 fully saturated rings. The minimum absolute atomic E-state index is 0.0218. The summed E-state index contributed by atoms with van der Waals surface area (Å²) in [4.78, 5) is 14.3. The molecule has 0 bridgehead atoms. The van der Waals surface area contributed by atoms with Gasteiger partial charge in [0, 0.05) is 18.6 Å². The van der Waals surface area contributed by atoms with Crippen LogP contribution in [-0.4, -0.2) is 42.6 Å². The van der Waals surface area contributed by atoms with Gasteiger partial charge in [-0.2, -0.15) is 0 Å². The predicted molar refractivity (Wildman–Crippen MR) is 73.7 cm³/mol. The maximum Gasteiger partial charge on any atom is 0.315 e. The molecule has 1 unspecified atom stereocenters. The third-order valence-electron chi connectivity index (χ3n) is 4.05. The highest BCUT2D eigenvalue weighted by Crippen LogP contribution is 2.17. The van der Waals surface area contributed by atoms with Crippen molar-refractivity contribution in [2.45, 2.75) is 64.0 Å². The summed E-state index contributed by atoms with van der Waals surface area (Å²) in [5, 5.41) is 6.17. The molecule has 1 heterocycles. The van der Waals surface area contributed by atoms with E-state index in [1.807, 2.05) is 0 Å². The normalized spacial score (nSPS) is 23.8. The minimum Gasteiger partial charge on any atom is -0.335 e. The molecule has 2 N–H and O–H groups in total. The Hall–Kier alpha value is -0.770. The third kappa shape index (κ3) is 4.48. The van der Waals surface area contributed by atoms with Gasteiger partial charge in [-0.15, -0.1) is 0 Å². The van der Waals surface area contributed by atoms with E-state index >= 15 is 0 Å². The standard InChI is InChI=1S/C14H27N3O/c1-12(11-17-9-5-6-10-17)15-14(18)16-13-7-3-2-4-8-13/h12-13H,2-11H2,1H3,(H2,15,16,18). The van der Waals surface area contributed by atoms with Crippen LogP contribution in [0, 0.1) is 0 Å². The number of rotatable bonds is 4. The number of nitrogens with zero attached hydrogens (tertiary/aromatic N) is 1. The molecule has 0 aromatic heterocycles. The molecule has 4 nitrogen and oxygen atoms in total. The lowest BCUT2D eigenvalue weighted by Crippen LogP contribution is -2.48. The van der Waals surface area contributed by atoms with Gasteiger partial charge in [0.1, 0.15) is 0 Å².